The van der Waals surface area contributed by atoms with Gasteiger partial charge < -0.3 is 0 Å². The summed E-state index contributed by atoms with van der Waals surface area (Å²) in [5, 5.41) is 8.48. The summed E-state index contributed by atoms with van der Waals surface area (Å²) in [6.07, 6.45) is 0. The van der Waals surface area contributed by atoms with Gasteiger partial charge in [-0.05, 0) is 67.4 Å². The number of para-hydroxylation sites is 3. The smallest absolute Gasteiger partial charge is 0.226 e. The molecule has 0 saturated heterocycles. The Morgan fingerprint density at radius 1 is 0.370 bits per heavy atom. The third kappa shape index (κ3) is 4.64. The van der Waals surface area contributed by atoms with Gasteiger partial charge in [0.2, 0.25) is 8.07 Å². The Hall–Kier alpha value is -7.02. The van der Waals surface area contributed by atoms with E-state index in [1.54, 1.807) is 0 Å². The van der Waals surface area contributed by atoms with Gasteiger partial charge in [0.05, 0.1) is 11.0 Å². The first-order chi connectivity index (χ1) is 26.7. The van der Waals surface area contributed by atoms with Crippen LogP contribution in [0.3, 0.4) is 0 Å². The number of fused-ring (bicyclic) bond motifs is 7. The Balaban J connectivity index is 1.16. The summed E-state index contributed by atoms with van der Waals surface area (Å²) in [6.45, 7) is 0. The van der Waals surface area contributed by atoms with Gasteiger partial charge >= 0.3 is 0 Å². The van der Waals surface area contributed by atoms with E-state index in [0.29, 0.717) is 17.5 Å². The second-order valence-corrected chi connectivity index (χ2v) is 17.5. The van der Waals surface area contributed by atoms with Crippen LogP contribution >= 0.6 is 0 Å². The van der Waals surface area contributed by atoms with Gasteiger partial charge in [-0.25, -0.2) is 19.9 Å². The minimum atomic E-state index is -2.91. The maximum absolute atomic E-state index is 5.46. The molecule has 0 aliphatic carbocycles. The van der Waals surface area contributed by atoms with E-state index in [1.165, 1.54) is 32.0 Å². The minimum absolute atomic E-state index is 0.634. The van der Waals surface area contributed by atoms with Crippen LogP contribution in [0.15, 0.2) is 188 Å². The molecule has 1 unspecified atom stereocenters. The first kappa shape index (κ1) is 30.6. The zero-order valence-corrected chi connectivity index (χ0v) is 30.1. The highest BCUT2D eigenvalue weighted by atomic mass is 28.3. The molecule has 0 bridgehead atoms. The molecule has 0 radical (unpaired) electrons. The van der Waals surface area contributed by atoms with Gasteiger partial charge in [-0.1, -0.05) is 158 Å². The van der Waals surface area contributed by atoms with Crippen molar-refractivity contribution in [2.45, 2.75) is 0 Å². The minimum Gasteiger partial charge on any atom is -0.299 e. The van der Waals surface area contributed by atoms with Crippen molar-refractivity contribution in [2.75, 3.05) is 0 Å². The zero-order valence-electron chi connectivity index (χ0n) is 29.1. The molecule has 2 aromatic heterocycles. The maximum Gasteiger partial charge on any atom is 0.226 e. The van der Waals surface area contributed by atoms with Crippen molar-refractivity contribution in [1.82, 2.24) is 24.5 Å². The largest absolute Gasteiger partial charge is 0.299 e. The van der Waals surface area contributed by atoms with Gasteiger partial charge in [0.1, 0.15) is 5.45 Å². The van der Waals surface area contributed by atoms with E-state index in [-0.39, 0.29) is 0 Å². The van der Waals surface area contributed by atoms with Gasteiger partial charge in [0.15, 0.2) is 17.5 Å². The molecule has 54 heavy (non-hydrogen) atoms. The zero-order chi connectivity index (χ0) is 35.6. The highest BCUT2D eigenvalue weighted by Gasteiger charge is 2.51. The van der Waals surface area contributed by atoms with E-state index >= 15 is 0 Å². The number of rotatable bonds is 5. The molecule has 10 aromatic rings. The number of hydrogen-bond acceptors (Lipinski definition) is 4. The summed E-state index contributed by atoms with van der Waals surface area (Å²) < 4.78 is 2.40. The Bertz CT molecular complexity index is 2980. The number of benzene rings is 8. The number of hydrogen-bond donors (Lipinski definition) is 0. The van der Waals surface area contributed by atoms with Crippen molar-refractivity contribution in [3.63, 3.8) is 0 Å². The number of imidazole rings is 1. The summed E-state index contributed by atoms with van der Waals surface area (Å²) >= 11 is 0. The molecule has 6 heteroatoms. The SMILES string of the molecule is c1ccc([Si]2(c3cccc(-c4nc(-c5ccc6ccccc6c5)nc(-c5ccc6ccccc6c5)n4)c3)c3ccccc3-n3c2nc2ccccc23)cc1. The molecule has 11 rings (SSSR count). The van der Waals surface area contributed by atoms with E-state index in [4.69, 9.17) is 19.9 Å². The van der Waals surface area contributed by atoms with Crippen LogP contribution in [0, 0.1) is 0 Å². The predicted molar refractivity (Wildman–Crippen MR) is 223 cm³/mol. The fourth-order valence-corrected chi connectivity index (χ4v) is 13.3. The topological polar surface area (TPSA) is 56.5 Å². The molecule has 252 valence electrons. The molecule has 8 aromatic carbocycles. The predicted octanol–water partition coefficient (Wildman–Crippen LogP) is 8.21. The molecule has 3 heterocycles. The Morgan fingerprint density at radius 3 is 1.59 bits per heavy atom. The van der Waals surface area contributed by atoms with E-state index in [1.807, 2.05) is 0 Å². The third-order valence-electron chi connectivity index (χ3n) is 10.9. The lowest BCUT2D eigenvalue weighted by Gasteiger charge is -2.28. The van der Waals surface area contributed by atoms with E-state index in [9.17, 15) is 0 Å². The summed E-state index contributed by atoms with van der Waals surface area (Å²) in [7, 11) is -2.91. The molecule has 0 spiro atoms. The molecular formula is C48H31N5Si. The second kappa shape index (κ2) is 12.0. The lowest BCUT2D eigenvalue weighted by molar-refractivity contribution is 1.08. The van der Waals surface area contributed by atoms with Crippen molar-refractivity contribution in [3.05, 3.63) is 188 Å². The van der Waals surface area contributed by atoms with Crippen molar-refractivity contribution in [2.24, 2.45) is 0 Å². The van der Waals surface area contributed by atoms with Crippen molar-refractivity contribution in [3.8, 4) is 39.9 Å². The molecule has 1 atom stereocenters. The normalized spacial score (nSPS) is 14.7. The van der Waals surface area contributed by atoms with Crippen molar-refractivity contribution in [1.29, 1.82) is 0 Å². The number of nitrogens with zero attached hydrogens (tertiary/aromatic N) is 5. The average Bonchev–Trinajstić information content (AvgIpc) is 3.77. The highest BCUT2D eigenvalue weighted by Crippen LogP contribution is 2.30. The average molecular weight is 706 g/mol. The second-order valence-electron chi connectivity index (χ2n) is 13.9. The molecule has 0 fully saturated rings. The van der Waals surface area contributed by atoms with Gasteiger partial charge in [-0.2, -0.15) is 0 Å². The summed E-state index contributed by atoms with van der Waals surface area (Å²) in [6, 6.07) is 66.8. The lowest BCUT2D eigenvalue weighted by Crippen LogP contribution is -2.73. The molecular weight excluding hydrogens is 675 g/mol. The van der Waals surface area contributed by atoms with Crippen LogP contribution in [0.4, 0.5) is 0 Å². The standard InChI is InChI=1S/C48H31N5Si/c1-2-18-39(19-3-1)54(44-24-11-10-23-43(44)53-42-22-9-8-21-41(42)49-48(53)54)40-20-12-17-36(31-40)45-50-46(37-27-25-32-13-4-6-15-34(32)29-37)52-47(51-45)38-28-26-33-14-5-7-16-35(33)30-38/h1-31H. The van der Waals surface area contributed by atoms with Crippen LogP contribution in [-0.2, 0) is 0 Å². The first-order valence-electron chi connectivity index (χ1n) is 18.2. The van der Waals surface area contributed by atoms with E-state index < -0.39 is 8.07 Å². The maximum atomic E-state index is 5.46. The van der Waals surface area contributed by atoms with E-state index in [0.717, 1.165) is 43.9 Å². The van der Waals surface area contributed by atoms with Gasteiger partial charge in [-0.15, -0.1) is 0 Å². The van der Waals surface area contributed by atoms with Crippen LogP contribution in [0.25, 0.3) is 72.4 Å². The van der Waals surface area contributed by atoms with Crippen molar-refractivity contribution >= 4 is 61.7 Å². The van der Waals surface area contributed by atoms with Crippen LogP contribution in [0.2, 0.25) is 0 Å². The van der Waals surface area contributed by atoms with E-state index in [2.05, 4.69) is 193 Å². The Kier molecular flexibility index (Phi) is 6.81. The highest BCUT2D eigenvalue weighted by molar-refractivity contribution is 7.20. The summed E-state index contributed by atoms with van der Waals surface area (Å²) in [5.41, 5.74) is 7.27. The first-order valence-corrected chi connectivity index (χ1v) is 20.2. The van der Waals surface area contributed by atoms with Gasteiger partial charge in [0, 0.05) is 22.4 Å². The monoisotopic (exact) mass is 705 g/mol. The van der Waals surface area contributed by atoms with Crippen LogP contribution in [0.1, 0.15) is 0 Å². The van der Waals surface area contributed by atoms with Gasteiger partial charge in [0.25, 0.3) is 0 Å². The third-order valence-corrected chi connectivity index (χ3v) is 15.5. The van der Waals surface area contributed by atoms with Crippen molar-refractivity contribution < 1.29 is 0 Å². The molecule has 1 aliphatic rings. The molecule has 0 amide bonds. The molecule has 0 N–H and O–H groups in total. The molecule has 1 aliphatic heterocycles. The fourth-order valence-electron chi connectivity index (χ4n) is 8.36. The lowest BCUT2D eigenvalue weighted by atomic mass is 10.1. The van der Waals surface area contributed by atoms with Crippen LogP contribution < -0.4 is 21.0 Å². The fraction of sp³-hybridized carbons (Fsp3) is 0. The molecule has 5 nitrogen and oxygen atoms in total. The summed E-state index contributed by atoms with van der Waals surface area (Å²) in [4.78, 5) is 21.0. The number of aromatic nitrogens is 5. The summed E-state index contributed by atoms with van der Waals surface area (Å²) in [5.74, 6) is 1.92. The Labute approximate surface area is 312 Å². The quantitative estimate of drug-likeness (QED) is 0.170. The molecule has 0 saturated carbocycles. The Morgan fingerprint density at radius 2 is 0.907 bits per heavy atom. The van der Waals surface area contributed by atoms with Crippen LogP contribution in [0.5, 0.6) is 0 Å². The van der Waals surface area contributed by atoms with Gasteiger partial charge in [-0.3, -0.25) is 4.57 Å². The van der Waals surface area contributed by atoms with Crippen LogP contribution in [-0.4, -0.2) is 32.6 Å².